The molecule has 1 aliphatic rings. The van der Waals surface area contributed by atoms with Gasteiger partial charge in [0.05, 0.1) is 4.92 Å². The van der Waals surface area contributed by atoms with Gasteiger partial charge >= 0.3 is 5.69 Å². The largest absolute Gasteiger partial charge is 0.502 e. The van der Waals surface area contributed by atoms with Gasteiger partial charge in [-0.2, -0.15) is 0 Å². The van der Waals surface area contributed by atoms with Crippen molar-refractivity contribution in [3.63, 3.8) is 0 Å². The molecule has 1 aliphatic heterocycles. The fourth-order valence-electron chi connectivity index (χ4n) is 1.53. The first kappa shape index (κ1) is 8.96. The van der Waals surface area contributed by atoms with E-state index in [0.29, 0.717) is 5.56 Å². The molecule has 0 aliphatic carbocycles. The van der Waals surface area contributed by atoms with Crippen molar-refractivity contribution in [3.8, 4) is 5.75 Å². The molecule has 5 heteroatoms. The van der Waals surface area contributed by atoms with Gasteiger partial charge in [0.2, 0.25) is 0 Å². The topological polar surface area (TPSA) is 75.4 Å². The Morgan fingerprint density at radius 1 is 1.57 bits per heavy atom. The SMILES string of the molecule is O=[N+]([O-])c1cccc([C@@H]2CCN2)c1O. The number of hydrogen-bond donors (Lipinski definition) is 2. The lowest BCUT2D eigenvalue weighted by molar-refractivity contribution is -0.386. The van der Waals surface area contributed by atoms with Gasteiger partial charge in [0.15, 0.2) is 5.75 Å². The van der Waals surface area contributed by atoms with Gasteiger partial charge in [-0.15, -0.1) is 0 Å². The molecule has 0 unspecified atom stereocenters. The van der Waals surface area contributed by atoms with E-state index in [1.807, 2.05) is 0 Å². The lowest BCUT2D eigenvalue weighted by Crippen LogP contribution is -2.34. The smallest absolute Gasteiger partial charge is 0.311 e. The average molecular weight is 194 g/mol. The van der Waals surface area contributed by atoms with Crippen LogP contribution in [0.1, 0.15) is 18.0 Å². The van der Waals surface area contributed by atoms with E-state index in [0.717, 1.165) is 13.0 Å². The van der Waals surface area contributed by atoms with E-state index in [-0.39, 0.29) is 17.5 Å². The molecule has 1 heterocycles. The van der Waals surface area contributed by atoms with Crippen LogP contribution in [-0.2, 0) is 0 Å². The summed E-state index contributed by atoms with van der Waals surface area (Å²) in [5.74, 6) is -0.213. The number of nitro benzene ring substituents is 1. The van der Waals surface area contributed by atoms with Gasteiger partial charge in [0.25, 0.3) is 0 Å². The van der Waals surface area contributed by atoms with Crippen LogP contribution >= 0.6 is 0 Å². The quantitative estimate of drug-likeness (QED) is 0.550. The lowest BCUT2D eigenvalue weighted by Gasteiger charge is -2.28. The molecule has 2 rings (SSSR count). The Morgan fingerprint density at radius 3 is 2.79 bits per heavy atom. The van der Waals surface area contributed by atoms with Crippen molar-refractivity contribution < 1.29 is 10.0 Å². The van der Waals surface area contributed by atoms with Gasteiger partial charge in [-0.3, -0.25) is 10.1 Å². The van der Waals surface area contributed by atoms with Gasteiger partial charge in [-0.25, -0.2) is 0 Å². The van der Waals surface area contributed by atoms with E-state index in [2.05, 4.69) is 5.32 Å². The fraction of sp³-hybridized carbons (Fsp3) is 0.333. The highest BCUT2D eigenvalue weighted by Crippen LogP contribution is 2.36. The fourth-order valence-corrected chi connectivity index (χ4v) is 1.53. The molecule has 1 atom stereocenters. The Bertz CT molecular complexity index is 374. The van der Waals surface area contributed by atoms with Crippen LogP contribution in [-0.4, -0.2) is 16.6 Å². The summed E-state index contributed by atoms with van der Waals surface area (Å²) >= 11 is 0. The number of benzene rings is 1. The van der Waals surface area contributed by atoms with Gasteiger partial charge in [0, 0.05) is 17.7 Å². The van der Waals surface area contributed by atoms with Gasteiger partial charge in [-0.1, -0.05) is 12.1 Å². The van der Waals surface area contributed by atoms with E-state index in [1.165, 1.54) is 6.07 Å². The number of nitro groups is 1. The molecule has 2 N–H and O–H groups in total. The number of nitrogens with zero attached hydrogens (tertiary/aromatic N) is 1. The number of para-hydroxylation sites is 1. The molecule has 0 radical (unpaired) electrons. The molecule has 1 aromatic rings. The summed E-state index contributed by atoms with van der Waals surface area (Å²) < 4.78 is 0. The van der Waals surface area contributed by atoms with Crippen LogP contribution in [0.15, 0.2) is 18.2 Å². The predicted octanol–water partition coefficient (Wildman–Crippen LogP) is 1.33. The molecule has 0 aromatic heterocycles. The Morgan fingerprint density at radius 2 is 2.29 bits per heavy atom. The second kappa shape index (κ2) is 3.26. The van der Waals surface area contributed by atoms with Crippen LogP contribution in [0.3, 0.4) is 0 Å². The molecular formula is C9H10N2O3. The minimum atomic E-state index is -0.572. The first-order valence-corrected chi connectivity index (χ1v) is 4.40. The Kier molecular flexibility index (Phi) is 2.09. The van der Waals surface area contributed by atoms with E-state index in [1.54, 1.807) is 12.1 Å². The summed E-state index contributed by atoms with van der Waals surface area (Å²) in [4.78, 5) is 9.96. The Hall–Kier alpha value is -1.62. The van der Waals surface area contributed by atoms with Gasteiger partial charge in [0.1, 0.15) is 0 Å². The monoisotopic (exact) mass is 194 g/mol. The number of aromatic hydroxyl groups is 1. The summed E-state index contributed by atoms with van der Waals surface area (Å²) in [5, 5.41) is 23.2. The second-order valence-electron chi connectivity index (χ2n) is 3.27. The van der Waals surface area contributed by atoms with Crippen LogP contribution in [0.25, 0.3) is 0 Å². The first-order chi connectivity index (χ1) is 6.70. The molecular weight excluding hydrogens is 184 g/mol. The van der Waals surface area contributed by atoms with Crippen LogP contribution in [0, 0.1) is 10.1 Å². The van der Waals surface area contributed by atoms with Gasteiger partial charge < -0.3 is 10.4 Å². The summed E-state index contributed by atoms with van der Waals surface area (Å²) in [6, 6.07) is 4.67. The maximum atomic E-state index is 10.5. The third kappa shape index (κ3) is 1.31. The summed E-state index contributed by atoms with van der Waals surface area (Å²) in [6.45, 7) is 0.896. The molecule has 1 fully saturated rings. The average Bonchev–Trinajstić information content (AvgIpc) is 2.04. The zero-order valence-electron chi connectivity index (χ0n) is 7.43. The van der Waals surface area contributed by atoms with Crippen molar-refractivity contribution in [2.45, 2.75) is 12.5 Å². The van der Waals surface area contributed by atoms with Crippen molar-refractivity contribution in [2.24, 2.45) is 0 Å². The number of phenolic OH excluding ortho intramolecular Hbond substituents is 1. The van der Waals surface area contributed by atoms with E-state index >= 15 is 0 Å². The minimum Gasteiger partial charge on any atom is -0.502 e. The second-order valence-corrected chi connectivity index (χ2v) is 3.27. The van der Waals surface area contributed by atoms with Crippen molar-refractivity contribution in [2.75, 3.05) is 6.54 Å². The summed E-state index contributed by atoms with van der Waals surface area (Å²) in [5.41, 5.74) is 0.390. The van der Waals surface area contributed by atoms with Crippen LogP contribution < -0.4 is 5.32 Å². The molecule has 0 amide bonds. The van der Waals surface area contributed by atoms with Crippen molar-refractivity contribution in [1.29, 1.82) is 0 Å². The van der Waals surface area contributed by atoms with Crippen molar-refractivity contribution >= 4 is 5.69 Å². The van der Waals surface area contributed by atoms with E-state index in [9.17, 15) is 15.2 Å². The maximum Gasteiger partial charge on any atom is 0.311 e. The first-order valence-electron chi connectivity index (χ1n) is 4.40. The molecule has 1 aromatic carbocycles. The number of nitrogens with one attached hydrogen (secondary N) is 1. The molecule has 0 spiro atoms. The zero-order chi connectivity index (χ0) is 10.1. The van der Waals surface area contributed by atoms with Crippen LogP contribution in [0.4, 0.5) is 5.69 Å². The Balaban J connectivity index is 2.40. The molecule has 0 bridgehead atoms. The number of rotatable bonds is 2. The van der Waals surface area contributed by atoms with E-state index < -0.39 is 4.92 Å². The minimum absolute atomic E-state index is 0.0647. The predicted molar refractivity (Wildman–Crippen MR) is 50.1 cm³/mol. The standard InChI is InChI=1S/C9H10N2O3/c12-9-6(7-4-5-10-7)2-1-3-8(9)11(13)14/h1-3,7,10,12H,4-5H2/t7-/m0/s1. The normalized spacial score (nSPS) is 20.1. The third-order valence-electron chi connectivity index (χ3n) is 2.44. The van der Waals surface area contributed by atoms with Crippen molar-refractivity contribution in [1.82, 2.24) is 5.32 Å². The van der Waals surface area contributed by atoms with Crippen molar-refractivity contribution in [3.05, 3.63) is 33.9 Å². The Labute approximate surface area is 80.5 Å². The molecule has 0 saturated carbocycles. The third-order valence-corrected chi connectivity index (χ3v) is 2.44. The highest BCUT2D eigenvalue weighted by molar-refractivity contribution is 5.52. The molecule has 1 saturated heterocycles. The van der Waals surface area contributed by atoms with Gasteiger partial charge in [-0.05, 0) is 13.0 Å². The maximum absolute atomic E-state index is 10.5. The highest BCUT2D eigenvalue weighted by atomic mass is 16.6. The van der Waals surface area contributed by atoms with Crippen LogP contribution in [0.2, 0.25) is 0 Å². The molecule has 14 heavy (non-hydrogen) atoms. The highest BCUT2D eigenvalue weighted by Gasteiger charge is 2.25. The van der Waals surface area contributed by atoms with E-state index in [4.69, 9.17) is 0 Å². The number of phenols is 1. The molecule has 74 valence electrons. The lowest BCUT2D eigenvalue weighted by atomic mass is 9.96. The number of hydrogen-bond acceptors (Lipinski definition) is 4. The van der Waals surface area contributed by atoms with Crippen LogP contribution in [0.5, 0.6) is 5.75 Å². The summed E-state index contributed by atoms with van der Waals surface area (Å²) in [6.07, 6.45) is 0.911. The summed E-state index contributed by atoms with van der Waals surface area (Å²) in [7, 11) is 0. The zero-order valence-corrected chi connectivity index (χ0v) is 7.43. The molecule has 5 nitrogen and oxygen atoms in total.